The van der Waals surface area contributed by atoms with Gasteiger partial charge in [0.2, 0.25) is 5.91 Å². The molecule has 2 aromatic carbocycles. The zero-order valence-corrected chi connectivity index (χ0v) is 13.6. The Morgan fingerprint density at radius 1 is 1.17 bits per heavy atom. The van der Waals surface area contributed by atoms with Crippen LogP contribution in [0.15, 0.2) is 58.2 Å². The maximum Gasteiger partial charge on any atom is 0.261 e. The minimum absolute atomic E-state index is 0.0215. The van der Waals surface area contributed by atoms with E-state index in [2.05, 4.69) is 10.3 Å². The Kier molecular flexibility index (Phi) is 4.81. The van der Waals surface area contributed by atoms with Crippen molar-refractivity contribution in [3.8, 4) is 5.75 Å². The van der Waals surface area contributed by atoms with Crippen LogP contribution in [0.4, 0.5) is 0 Å². The average molecular weight is 342 g/mol. The Labute approximate surface area is 142 Å². The number of para-hydroxylation sites is 3. The first-order valence-electron chi connectivity index (χ1n) is 7.13. The molecule has 0 aliphatic carbocycles. The number of nitrogens with one attached hydrogen (secondary N) is 1. The van der Waals surface area contributed by atoms with E-state index in [1.165, 1.54) is 7.11 Å². The van der Waals surface area contributed by atoms with Gasteiger partial charge in [0.05, 0.1) is 18.4 Å². The van der Waals surface area contributed by atoms with Crippen molar-refractivity contribution < 1.29 is 18.7 Å². The van der Waals surface area contributed by atoms with Gasteiger partial charge in [-0.25, -0.2) is 4.98 Å². The number of hydrogen-bond acceptors (Lipinski definition) is 6. The van der Waals surface area contributed by atoms with E-state index in [0.717, 1.165) is 17.3 Å². The fourth-order valence-corrected chi connectivity index (χ4v) is 2.74. The van der Waals surface area contributed by atoms with Gasteiger partial charge in [0.15, 0.2) is 5.58 Å². The molecule has 24 heavy (non-hydrogen) atoms. The zero-order valence-electron chi connectivity index (χ0n) is 12.8. The molecule has 1 N–H and O–H groups in total. The first-order chi connectivity index (χ1) is 11.7. The van der Waals surface area contributed by atoms with Crippen molar-refractivity contribution in [3.05, 3.63) is 54.1 Å². The van der Waals surface area contributed by atoms with Gasteiger partial charge in [-0.1, -0.05) is 36.0 Å². The molecule has 0 radical (unpaired) electrons. The van der Waals surface area contributed by atoms with Gasteiger partial charge in [-0.2, -0.15) is 0 Å². The summed E-state index contributed by atoms with van der Waals surface area (Å²) >= 11 is 1.13. The van der Waals surface area contributed by atoms with Crippen LogP contribution in [0.25, 0.3) is 11.1 Å². The maximum absolute atomic E-state index is 12.1. The van der Waals surface area contributed by atoms with Gasteiger partial charge in [-0.05, 0) is 24.3 Å². The van der Waals surface area contributed by atoms with E-state index in [1.54, 1.807) is 30.3 Å². The topological polar surface area (TPSA) is 81.4 Å². The summed E-state index contributed by atoms with van der Waals surface area (Å²) in [6.07, 6.45) is 0. The summed E-state index contributed by atoms with van der Waals surface area (Å²) in [5, 5.41) is 2.71. The molecule has 0 atom stereocenters. The second-order valence-corrected chi connectivity index (χ2v) is 5.74. The van der Waals surface area contributed by atoms with Gasteiger partial charge in [-0.15, -0.1) is 0 Å². The van der Waals surface area contributed by atoms with E-state index in [9.17, 15) is 9.59 Å². The summed E-state index contributed by atoms with van der Waals surface area (Å²) in [6.45, 7) is 0. The molecule has 2 amide bonds. The molecule has 0 aliphatic rings. The summed E-state index contributed by atoms with van der Waals surface area (Å²) in [4.78, 5) is 28.3. The van der Waals surface area contributed by atoms with Crippen LogP contribution in [0.5, 0.6) is 5.75 Å². The summed E-state index contributed by atoms with van der Waals surface area (Å²) in [5.74, 6) is -0.503. The highest BCUT2D eigenvalue weighted by atomic mass is 32.2. The molecule has 0 spiro atoms. The van der Waals surface area contributed by atoms with Crippen molar-refractivity contribution in [1.29, 1.82) is 0 Å². The lowest BCUT2D eigenvalue weighted by Crippen LogP contribution is -2.32. The number of hydrogen-bond donors (Lipinski definition) is 1. The monoisotopic (exact) mass is 342 g/mol. The van der Waals surface area contributed by atoms with Crippen LogP contribution >= 0.6 is 11.8 Å². The number of amides is 2. The largest absolute Gasteiger partial charge is 0.496 e. The fourth-order valence-electron chi connectivity index (χ4n) is 2.10. The van der Waals surface area contributed by atoms with Crippen LogP contribution < -0.4 is 10.1 Å². The van der Waals surface area contributed by atoms with E-state index in [4.69, 9.17) is 9.15 Å². The molecule has 0 bridgehead atoms. The van der Waals surface area contributed by atoms with Crippen LogP contribution in [0.1, 0.15) is 10.4 Å². The molecule has 7 heteroatoms. The Hall–Kier alpha value is -2.80. The third-order valence-corrected chi connectivity index (χ3v) is 4.03. The van der Waals surface area contributed by atoms with Crippen LogP contribution in [0, 0.1) is 0 Å². The lowest BCUT2D eigenvalue weighted by Gasteiger charge is -2.07. The molecule has 0 saturated heterocycles. The van der Waals surface area contributed by atoms with E-state index >= 15 is 0 Å². The molecule has 0 unspecified atom stereocenters. The molecule has 122 valence electrons. The van der Waals surface area contributed by atoms with Crippen LogP contribution in [-0.4, -0.2) is 29.7 Å². The molecule has 0 fully saturated rings. The highest BCUT2D eigenvalue weighted by Crippen LogP contribution is 2.23. The molecule has 6 nitrogen and oxygen atoms in total. The lowest BCUT2D eigenvalue weighted by molar-refractivity contribution is -0.117. The van der Waals surface area contributed by atoms with E-state index in [1.807, 2.05) is 18.2 Å². The van der Waals surface area contributed by atoms with Gasteiger partial charge in [0.25, 0.3) is 11.1 Å². The molecule has 1 aromatic heterocycles. The third-order valence-electron chi connectivity index (χ3n) is 3.21. The van der Waals surface area contributed by atoms with Crippen LogP contribution in [0.3, 0.4) is 0 Å². The molecular weight excluding hydrogens is 328 g/mol. The van der Waals surface area contributed by atoms with Gasteiger partial charge >= 0.3 is 0 Å². The molecule has 0 saturated carbocycles. The molecule has 1 heterocycles. The number of imide groups is 1. The van der Waals surface area contributed by atoms with Gasteiger partial charge in [0, 0.05) is 0 Å². The molecule has 0 aliphatic heterocycles. The SMILES string of the molecule is COc1ccccc1C(=O)NC(=O)CSc1nc2ccccc2o1. The first-order valence-corrected chi connectivity index (χ1v) is 8.11. The second kappa shape index (κ2) is 7.18. The predicted molar refractivity (Wildman–Crippen MR) is 90.2 cm³/mol. The van der Waals surface area contributed by atoms with Crippen molar-refractivity contribution >= 4 is 34.7 Å². The Morgan fingerprint density at radius 2 is 1.92 bits per heavy atom. The van der Waals surface area contributed by atoms with Crippen molar-refractivity contribution in [2.24, 2.45) is 0 Å². The Bertz CT molecular complexity index is 858. The van der Waals surface area contributed by atoms with Gasteiger partial charge in [0.1, 0.15) is 11.3 Å². The number of fused-ring (bicyclic) bond motifs is 1. The molecule has 3 rings (SSSR count). The Morgan fingerprint density at radius 3 is 2.71 bits per heavy atom. The van der Waals surface area contributed by atoms with Crippen molar-refractivity contribution in [3.63, 3.8) is 0 Å². The minimum atomic E-state index is -0.504. The smallest absolute Gasteiger partial charge is 0.261 e. The molecule has 3 aromatic rings. The number of benzene rings is 2. The Balaban J connectivity index is 1.60. The standard InChI is InChI=1S/C17H14N2O4S/c1-22-13-8-4-2-6-11(13)16(21)19-15(20)10-24-17-18-12-7-3-5-9-14(12)23-17/h2-9H,10H2,1H3,(H,19,20,21). The highest BCUT2D eigenvalue weighted by molar-refractivity contribution is 7.99. The number of aromatic nitrogens is 1. The van der Waals surface area contributed by atoms with Crippen molar-refractivity contribution in [2.45, 2.75) is 5.22 Å². The van der Waals surface area contributed by atoms with E-state index < -0.39 is 11.8 Å². The predicted octanol–water partition coefficient (Wildman–Crippen LogP) is 2.89. The average Bonchev–Trinajstić information content (AvgIpc) is 3.03. The quantitative estimate of drug-likeness (QED) is 0.718. The fraction of sp³-hybridized carbons (Fsp3) is 0.118. The normalized spacial score (nSPS) is 10.5. The van der Waals surface area contributed by atoms with Gasteiger partial charge < -0.3 is 9.15 Å². The maximum atomic E-state index is 12.1. The highest BCUT2D eigenvalue weighted by Gasteiger charge is 2.15. The summed E-state index contributed by atoms with van der Waals surface area (Å²) in [7, 11) is 1.47. The number of methoxy groups -OCH3 is 1. The number of rotatable bonds is 5. The number of oxazole rings is 1. The van der Waals surface area contributed by atoms with E-state index in [-0.39, 0.29) is 5.75 Å². The summed E-state index contributed by atoms with van der Waals surface area (Å²) in [5.41, 5.74) is 1.69. The number of carbonyl (C=O) groups is 2. The molecular formula is C17H14N2O4S. The second-order valence-electron chi connectivity index (χ2n) is 4.81. The number of ether oxygens (including phenoxy) is 1. The van der Waals surface area contributed by atoms with Crippen LogP contribution in [-0.2, 0) is 4.79 Å². The zero-order chi connectivity index (χ0) is 16.9. The first kappa shape index (κ1) is 16.1. The summed E-state index contributed by atoms with van der Waals surface area (Å²) in [6, 6.07) is 14.0. The summed E-state index contributed by atoms with van der Waals surface area (Å²) < 4.78 is 10.6. The number of nitrogens with zero attached hydrogens (tertiary/aromatic N) is 1. The van der Waals surface area contributed by atoms with E-state index in [0.29, 0.717) is 22.1 Å². The third kappa shape index (κ3) is 3.57. The number of carbonyl (C=O) groups excluding carboxylic acids is 2. The minimum Gasteiger partial charge on any atom is -0.496 e. The number of thioether (sulfide) groups is 1. The van der Waals surface area contributed by atoms with Crippen LogP contribution in [0.2, 0.25) is 0 Å². The van der Waals surface area contributed by atoms with Crippen molar-refractivity contribution in [2.75, 3.05) is 12.9 Å². The lowest BCUT2D eigenvalue weighted by atomic mass is 10.2. The van der Waals surface area contributed by atoms with Gasteiger partial charge in [-0.3, -0.25) is 14.9 Å². The van der Waals surface area contributed by atoms with Crippen molar-refractivity contribution in [1.82, 2.24) is 10.3 Å².